The van der Waals surface area contributed by atoms with Gasteiger partial charge in [-0.2, -0.15) is 5.10 Å². The number of rotatable bonds is 2. The lowest BCUT2D eigenvalue weighted by Crippen LogP contribution is -1.91. The van der Waals surface area contributed by atoms with Crippen molar-refractivity contribution in [3.8, 4) is 11.4 Å². The summed E-state index contributed by atoms with van der Waals surface area (Å²) in [6.07, 6.45) is 1.65. The van der Waals surface area contributed by atoms with Crippen molar-refractivity contribution in [1.82, 2.24) is 14.8 Å². The molecule has 0 radical (unpaired) electrons. The quantitative estimate of drug-likeness (QED) is 0.847. The number of benzene rings is 1. The maximum absolute atomic E-state index is 6.08. The minimum absolute atomic E-state index is 0.639. The Labute approximate surface area is 92.9 Å². The first-order valence-electron chi connectivity index (χ1n) is 4.54. The molecule has 0 saturated carbocycles. The summed E-state index contributed by atoms with van der Waals surface area (Å²) in [6, 6.07) is 5.67. The zero-order chi connectivity index (χ0) is 10.8. The largest absolute Gasteiger partial charge is 0.388 e. The molecule has 0 bridgehead atoms. The minimum Gasteiger partial charge on any atom is -0.388 e. The highest BCUT2D eigenvalue weighted by molar-refractivity contribution is 6.33. The van der Waals surface area contributed by atoms with Crippen LogP contribution in [0.1, 0.15) is 0 Å². The number of nitrogens with zero attached hydrogens (tertiary/aromatic N) is 3. The van der Waals surface area contributed by atoms with Crippen molar-refractivity contribution >= 4 is 17.3 Å². The molecule has 2 aromatic rings. The summed E-state index contributed by atoms with van der Waals surface area (Å²) < 4.78 is 1.65. The van der Waals surface area contributed by atoms with Gasteiger partial charge in [0.1, 0.15) is 6.33 Å². The van der Waals surface area contributed by atoms with E-state index in [9.17, 15) is 0 Å². The molecule has 0 aliphatic carbocycles. The fourth-order valence-electron chi connectivity index (χ4n) is 1.31. The molecular weight excluding hydrogens is 212 g/mol. The minimum atomic E-state index is 0.639. The highest BCUT2D eigenvalue weighted by atomic mass is 35.5. The van der Waals surface area contributed by atoms with Crippen LogP contribution < -0.4 is 5.32 Å². The van der Waals surface area contributed by atoms with Crippen molar-refractivity contribution < 1.29 is 0 Å². The number of aryl methyl sites for hydroxylation is 1. The predicted molar refractivity (Wildman–Crippen MR) is 61.0 cm³/mol. The van der Waals surface area contributed by atoms with Gasteiger partial charge in [-0.25, -0.2) is 4.98 Å². The summed E-state index contributed by atoms with van der Waals surface area (Å²) in [4.78, 5) is 4.16. The van der Waals surface area contributed by atoms with E-state index in [1.54, 1.807) is 11.0 Å². The van der Waals surface area contributed by atoms with Gasteiger partial charge in [0.25, 0.3) is 0 Å². The van der Waals surface area contributed by atoms with Crippen LogP contribution >= 0.6 is 11.6 Å². The van der Waals surface area contributed by atoms with E-state index < -0.39 is 0 Å². The smallest absolute Gasteiger partial charge is 0.182 e. The number of aromatic nitrogens is 3. The second-order valence-corrected chi connectivity index (χ2v) is 3.59. The Hall–Kier alpha value is -1.55. The van der Waals surface area contributed by atoms with E-state index in [4.69, 9.17) is 11.6 Å². The zero-order valence-electron chi connectivity index (χ0n) is 8.53. The molecule has 5 heteroatoms. The lowest BCUT2D eigenvalue weighted by Gasteiger charge is -2.03. The average molecular weight is 223 g/mol. The van der Waals surface area contributed by atoms with Gasteiger partial charge in [-0.3, -0.25) is 4.68 Å². The summed E-state index contributed by atoms with van der Waals surface area (Å²) >= 11 is 6.08. The van der Waals surface area contributed by atoms with Crippen LogP contribution in [0.4, 0.5) is 5.69 Å². The molecule has 4 nitrogen and oxygen atoms in total. The van der Waals surface area contributed by atoms with Gasteiger partial charge in [0.2, 0.25) is 0 Å². The Balaban J connectivity index is 2.51. The second-order valence-electron chi connectivity index (χ2n) is 3.19. The third-order valence-corrected chi connectivity index (χ3v) is 2.43. The van der Waals surface area contributed by atoms with Gasteiger partial charge in [-0.05, 0) is 18.2 Å². The summed E-state index contributed by atoms with van der Waals surface area (Å²) in [6.45, 7) is 0. The van der Waals surface area contributed by atoms with Crippen molar-refractivity contribution in [2.75, 3.05) is 12.4 Å². The van der Waals surface area contributed by atoms with E-state index >= 15 is 0 Å². The van der Waals surface area contributed by atoms with E-state index in [0.29, 0.717) is 10.8 Å². The Kier molecular flexibility index (Phi) is 2.60. The lowest BCUT2D eigenvalue weighted by molar-refractivity contribution is 0.768. The molecule has 0 aliphatic heterocycles. The van der Waals surface area contributed by atoms with E-state index in [1.807, 2.05) is 32.3 Å². The number of halogens is 1. The summed E-state index contributed by atoms with van der Waals surface area (Å²) in [5, 5.41) is 7.91. The van der Waals surface area contributed by atoms with Gasteiger partial charge in [-0.15, -0.1) is 0 Å². The van der Waals surface area contributed by atoms with Crippen LogP contribution in [0, 0.1) is 0 Å². The predicted octanol–water partition coefficient (Wildman–Crippen LogP) is 2.18. The number of anilines is 1. The van der Waals surface area contributed by atoms with Crippen LogP contribution in [-0.2, 0) is 7.05 Å². The fraction of sp³-hybridized carbons (Fsp3) is 0.200. The maximum atomic E-state index is 6.08. The Morgan fingerprint density at radius 1 is 1.40 bits per heavy atom. The lowest BCUT2D eigenvalue weighted by atomic mass is 10.2. The van der Waals surface area contributed by atoms with Crippen molar-refractivity contribution in [2.24, 2.45) is 7.05 Å². The van der Waals surface area contributed by atoms with E-state index in [1.165, 1.54) is 0 Å². The molecule has 0 aliphatic rings. The van der Waals surface area contributed by atoms with Gasteiger partial charge < -0.3 is 5.32 Å². The Bertz CT molecular complexity index is 478. The normalized spacial score (nSPS) is 10.3. The first-order chi connectivity index (χ1) is 7.20. The van der Waals surface area contributed by atoms with Gasteiger partial charge in [0.15, 0.2) is 5.82 Å². The molecule has 0 saturated heterocycles. The molecule has 2 rings (SSSR count). The molecule has 1 heterocycles. The molecule has 1 aromatic carbocycles. The van der Waals surface area contributed by atoms with Crippen molar-refractivity contribution in [3.05, 3.63) is 29.5 Å². The topological polar surface area (TPSA) is 42.7 Å². The third-order valence-electron chi connectivity index (χ3n) is 2.10. The summed E-state index contributed by atoms with van der Waals surface area (Å²) in [7, 11) is 3.69. The highest BCUT2D eigenvalue weighted by Crippen LogP contribution is 2.27. The molecular formula is C10H11ClN4. The van der Waals surface area contributed by atoms with Crippen LogP contribution in [-0.4, -0.2) is 21.8 Å². The molecule has 1 N–H and O–H groups in total. The monoisotopic (exact) mass is 222 g/mol. The van der Waals surface area contributed by atoms with Gasteiger partial charge >= 0.3 is 0 Å². The van der Waals surface area contributed by atoms with Crippen molar-refractivity contribution in [1.29, 1.82) is 0 Å². The van der Waals surface area contributed by atoms with Crippen molar-refractivity contribution in [3.63, 3.8) is 0 Å². The molecule has 0 spiro atoms. The second kappa shape index (κ2) is 3.90. The first kappa shape index (κ1) is 9.98. The Morgan fingerprint density at radius 3 is 2.80 bits per heavy atom. The molecule has 0 atom stereocenters. The van der Waals surface area contributed by atoms with Gasteiger partial charge in [0, 0.05) is 25.3 Å². The molecule has 15 heavy (non-hydrogen) atoms. The number of nitrogens with one attached hydrogen (secondary N) is 1. The van der Waals surface area contributed by atoms with E-state index in [0.717, 1.165) is 11.3 Å². The average Bonchev–Trinajstić information content (AvgIpc) is 2.65. The van der Waals surface area contributed by atoms with Crippen molar-refractivity contribution in [2.45, 2.75) is 0 Å². The molecule has 0 fully saturated rings. The highest BCUT2D eigenvalue weighted by Gasteiger charge is 2.08. The fourth-order valence-corrected chi connectivity index (χ4v) is 1.52. The molecule has 0 unspecified atom stereocenters. The van der Waals surface area contributed by atoms with E-state index in [2.05, 4.69) is 15.4 Å². The SMILES string of the molecule is CNc1ccc(Cl)c(-c2ncn(C)n2)c1. The van der Waals surface area contributed by atoms with Crippen LogP contribution in [0.25, 0.3) is 11.4 Å². The maximum Gasteiger partial charge on any atom is 0.182 e. The van der Waals surface area contributed by atoms with Crippen LogP contribution in [0.2, 0.25) is 5.02 Å². The van der Waals surface area contributed by atoms with Gasteiger partial charge in [-0.1, -0.05) is 11.6 Å². The number of hydrogen-bond acceptors (Lipinski definition) is 3. The molecule has 1 aromatic heterocycles. The Morgan fingerprint density at radius 2 is 2.20 bits per heavy atom. The van der Waals surface area contributed by atoms with Crippen LogP contribution in [0.15, 0.2) is 24.5 Å². The molecule has 78 valence electrons. The van der Waals surface area contributed by atoms with Gasteiger partial charge in [0.05, 0.1) is 5.02 Å². The standard InChI is InChI=1S/C10H11ClN4/c1-12-7-3-4-9(11)8(5-7)10-13-6-15(2)14-10/h3-6,12H,1-2H3. The zero-order valence-corrected chi connectivity index (χ0v) is 9.28. The van der Waals surface area contributed by atoms with Crippen LogP contribution in [0.3, 0.4) is 0 Å². The number of hydrogen-bond donors (Lipinski definition) is 1. The molecule has 0 amide bonds. The first-order valence-corrected chi connectivity index (χ1v) is 4.92. The van der Waals surface area contributed by atoms with E-state index in [-0.39, 0.29) is 0 Å². The van der Waals surface area contributed by atoms with Crippen LogP contribution in [0.5, 0.6) is 0 Å². The third kappa shape index (κ3) is 1.94. The summed E-state index contributed by atoms with van der Waals surface area (Å²) in [5.41, 5.74) is 1.82. The summed E-state index contributed by atoms with van der Waals surface area (Å²) in [5.74, 6) is 0.639.